The van der Waals surface area contributed by atoms with E-state index in [4.69, 9.17) is 0 Å². The van der Waals surface area contributed by atoms with Gasteiger partial charge in [-0.3, -0.25) is 0 Å². The molecule has 0 saturated carbocycles. The second kappa shape index (κ2) is 23.1. The van der Waals surface area contributed by atoms with E-state index >= 15 is 0 Å². The first-order chi connectivity index (χ1) is 9.77. The molecule has 0 amide bonds. The summed E-state index contributed by atoms with van der Waals surface area (Å²) in [6.45, 7) is 2.26. The summed E-state index contributed by atoms with van der Waals surface area (Å²) in [6.07, 6.45) is 20.9. The van der Waals surface area contributed by atoms with Crippen molar-refractivity contribution in [2.24, 2.45) is 0 Å². The van der Waals surface area contributed by atoms with Crippen molar-refractivity contribution in [3.05, 3.63) is 12.2 Å². The van der Waals surface area contributed by atoms with Crippen molar-refractivity contribution in [3.63, 3.8) is 0 Å². The van der Waals surface area contributed by atoms with Crippen LogP contribution in [0.1, 0.15) is 96.8 Å². The van der Waals surface area contributed by atoms with Gasteiger partial charge in [0.1, 0.15) is 0 Å². The quantitative estimate of drug-likeness (QED) is 0.248. The average Bonchev–Trinajstić information content (AvgIpc) is 2.43. The zero-order valence-corrected chi connectivity index (χ0v) is 18.0. The van der Waals surface area contributed by atoms with Crippen LogP contribution >= 0.6 is 0 Å². The number of unbranched alkanes of at least 4 members (excludes halogenated alkanes) is 11. The summed E-state index contributed by atoms with van der Waals surface area (Å²) in [4.78, 5) is 10.2. The summed E-state index contributed by atoms with van der Waals surface area (Å²) in [5, 5.41) is 10.2. The summed E-state index contributed by atoms with van der Waals surface area (Å²) in [5.41, 5.74) is 0. The molecular weight excluding hydrogens is 328 g/mol. The van der Waals surface area contributed by atoms with Gasteiger partial charge in [-0.2, -0.15) is 0 Å². The molecule has 0 radical (unpaired) electrons. The van der Waals surface area contributed by atoms with Crippen LogP contribution in [-0.4, -0.2) is 5.97 Å². The van der Waals surface area contributed by atoms with Crippen molar-refractivity contribution in [1.82, 2.24) is 6.15 Å². The summed E-state index contributed by atoms with van der Waals surface area (Å²) < 4.78 is 0. The number of carboxylic acid groups (broad SMARTS) is 1. The van der Waals surface area contributed by atoms with Crippen molar-refractivity contribution in [3.8, 4) is 0 Å². The first-order valence-electron chi connectivity index (χ1n) is 8.62. The van der Waals surface area contributed by atoms with Gasteiger partial charge in [-0.25, -0.2) is 0 Å². The Hall–Kier alpha value is -0.207. The maximum absolute atomic E-state index is 10.2. The second-order valence-electron chi connectivity index (χ2n) is 5.71. The van der Waals surface area contributed by atoms with Crippen LogP contribution < -0.4 is 11.3 Å². The number of hydrogen-bond acceptors (Lipinski definition) is 2. The largest absolute Gasteiger partial charge is 2.00 e. The van der Waals surface area contributed by atoms with Crippen LogP contribution in [-0.2, 0) is 24.3 Å². The van der Waals surface area contributed by atoms with Crippen LogP contribution in [0.15, 0.2) is 12.2 Å². The van der Waals surface area contributed by atoms with Crippen molar-refractivity contribution >= 4 is 5.97 Å². The van der Waals surface area contributed by atoms with Gasteiger partial charge in [0.05, 0.1) is 0 Å². The normalized spacial score (nSPS) is 10.2. The molecule has 0 aliphatic carbocycles. The zero-order valence-electron chi connectivity index (χ0n) is 15.1. The Balaban J connectivity index is -0.00000180. The third kappa shape index (κ3) is 24.8. The Kier molecular flexibility index (Phi) is 28.0. The van der Waals surface area contributed by atoms with Gasteiger partial charge in [0.2, 0.25) is 0 Å². The number of hydrogen-bond donors (Lipinski definition) is 1. The Morgan fingerprint density at radius 2 is 1.18 bits per heavy atom. The molecule has 0 saturated heterocycles. The molecule has 0 fully saturated rings. The van der Waals surface area contributed by atoms with Gasteiger partial charge < -0.3 is 16.1 Å². The molecule has 0 heterocycles. The van der Waals surface area contributed by atoms with Crippen molar-refractivity contribution in [1.29, 1.82) is 0 Å². The smallest absolute Gasteiger partial charge is 0.550 e. The van der Waals surface area contributed by atoms with Crippen molar-refractivity contribution in [2.75, 3.05) is 0 Å². The molecule has 126 valence electrons. The minimum Gasteiger partial charge on any atom is -0.550 e. The molecule has 0 rings (SSSR count). The standard InChI is InChI=1S/C18H34O2.H3N.Zn/c1-2-3-4-5-6-7-8-9-10-11-12-13-14-15-16-17-18(19)20;;/h9-10H,2-8,11-17H2,1H3,(H,19,20);1H3;/q;;+2/b10-9-;;. The van der Waals surface area contributed by atoms with Gasteiger partial charge in [-0.1, -0.05) is 70.4 Å². The first-order valence-corrected chi connectivity index (χ1v) is 8.62. The van der Waals surface area contributed by atoms with Crippen molar-refractivity contribution in [2.45, 2.75) is 96.8 Å². The Morgan fingerprint density at radius 1 is 0.773 bits per heavy atom. The molecular formula is C18H37NO2Zn+2. The van der Waals surface area contributed by atoms with Gasteiger partial charge in [0, 0.05) is 5.97 Å². The summed E-state index contributed by atoms with van der Waals surface area (Å²) >= 11 is 0. The molecule has 0 aliphatic rings. The topological polar surface area (TPSA) is 76.6 Å². The number of aliphatic carboxylic acids is 1. The van der Waals surface area contributed by atoms with E-state index in [-0.39, 0.29) is 32.0 Å². The first kappa shape index (κ1) is 26.7. The third-order valence-electron chi connectivity index (χ3n) is 3.64. The van der Waals surface area contributed by atoms with Crippen LogP contribution in [0.2, 0.25) is 0 Å². The number of carboxylic acids is 1. The monoisotopic (exact) mass is 363 g/mol. The molecule has 0 bridgehead atoms. The third-order valence-corrected chi connectivity index (χ3v) is 3.64. The fraction of sp³-hybridized carbons (Fsp3) is 0.833. The van der Waals surface area contributed by atoms with Crippen LogP contribution in [0.5, 0.6) is 0 Å². The molecule has 0 spiro atoms. The molecule has 0 unspecified atom stereocenters. The average molecular weight is 365 g/mol. The maximum atomic E-state index is 10.2. The molecule has 4 heteroatoms. The van der Waals surface area contributed by atoms with E-state index < -0.39 is 5.97 Å². The summed E-state index contributed by atoms with van der Waals surface area (Å²) in [5.74, 6) is -0.914. The number of carbonyl (C=O) groups excluding carboxylic acids is 1. The van der Waals surface area contributed by atoms with E-state index in [9.17, 15) is 9.90 Å². The Morgan fingerprint density at radius 3 is 1.64 bits per heavy atom. The van der Waals surface area contributed by atoms with Gasteiger partial charge in [-0.05, 0) is 38.5 Å². The molecule has 3 nitrogen and oxygen atoms in total. The fourth-order valence-electron chi connectivity index (χ4n) is 2.34. The molecule has 0 aromatic carbocycles. The molecule has 0 aromatic rings. The van der Waals surface area contributed by atoms with Gasteiger partial charge in [-0.15, -0.1) is 0 Å². The zero-order chi connectivity index (χ0) is 14.9. The predicted molar refractivity (Wildman–Crippen MR) is 90.4 cm³/mol. The van der Waals surface area contributed by atoms with E-state index in [2.05, 4.69) is 19.1 Å². The van der Waals surface area contributed by atoms with E-state index in [1.165, 1.54) is 64.2 Å². The van der Waals surface area contributed by atoms with E-state index in [0.717, 1.165) is 19.3 Å². The van der Waals surface area contributed by atoms with Gasteiger partial charge in [0.25, 0.3) is 0 Å². The summed E-state index contributed by atoms with van der Waals surface area (Å²) in [6, 6.07) is 0. The Bertz CT molecular complexity index is 245. The molecule has 22 heavy (non-hydrogen) atoms. The molecule has 0 aromatic heterocycles. The van der Waals surface area contributed by atoms with Gasteiger partial charge in [0.15, 0.2) is 0 Å². The minimum atomic E-state index is -0.914. The number of carbonyl (C=O) groups is 1. The van der Waals surface area contributed by atoms with Gasteiger partial charge >= 0.3 is 19.5 Å². The van der Waals surface area contributed by atoms with Crippen LogP contribution in [0, 0.1) is 0 Å². The Labute approximate surface area is 150 Å². The van der Waals surface area contributed by atoms with E-state index in [1.807, 2.05) is 0 Å². The second-order valence-corrected chi connectivity index (χ2v) is 5.71. The van der Waals surface area contributed by atoms with Crippen LogP contribution in [0.25, 0.3) is 0 Å². The SMILES string of the molecule is CCCCCCCC/C=C\CCCCCCCC(=O)[O-].[NH4+].[Zn+2]. The summed E-state index contributed by atoms with van der Waals surface area (Å²) in [7, 11) is 0. The number of rotatable bonds is 15. The molecule has 4 N–H and O–H groups in total. The fourth-order valence-corrected chi connectivity index (χ4v) is 2.34. The van der Waals surface area contributed by atoms with E-state index in [0.29, 0.717) is 0 Å². The predicted octanol–water partition coefficient (Wildman–Crippen LogP) is 5.15. The maximum Gasteiger partial charge on any atom is 2.00 e. The van der Waals surface area contributed by atoms with E-state index in [1.54, 1.807) is 0 Å². The number of allylic oxidation sites excluding steroid dienone is 2. The van der Waals surface area contributed by atoms with Crippen molar-refractivity contribution < 1.29 is 29.4 Å². The number of quaternary nitrogens is 1. The molecule has 0 atom stereocenters. The minimum absolute atomic E-state index is 0. The van der Waals surface area contributed by atoms with Crippen LogP contribution in [0.4, 0.5) is 0 Å². The molecule has 0 aliphatic heterocycles. The van der Waals surface area contributed by atoms with Crippen LogP contribution in [0.3, 0.4) is 0 Å².